The van der Waals surface area contributed by atoms with Gasteiger partial charge in [0.15, 0.2) is 0 Å². The van der Waals surface area contributed by atoms with E-state index >= 15 is 0 Å². The predicted molar refractivity (Wildman–Crippen MR) is 87.7 cm³/mol. The third kappa shape index (κ3) is 4.67. The van der Waals surface area contributed by atoms with Gasteiger partial charge in [0.25, 0.3) is 0 Å². The Balaban J connectivity index is 1.94. The monoisotopic (exact) mass is 297 g/mol. The number of ether oxygens (including phenoxy) is 2. The number of rotatable bonds is 8. The molecule has 0 spiro atoms. The van der Waals surface area contributed by atoms with E-state index in [4.69, 9.17) is 9.47 Å². The molecule has 0 radical (unpaired) electrons. The molecule has 2 aliphatic rings. The molecule has 21 heavy (non-hydrogen) atoms. The van der Waals surface area contributed by atoms with Crippen LogP contribution in [0.5, 0.6) is 0 Å². The second-order valence-electron chi connectivity index (χ2n) is 7.17. The van der Waals surface area contributed by atoms with Crippen LogP contribution in [0.25, 0.3) is 0 Å². The lowest BCUT2D eigenvalue weighted by Crippen LogP contribution is -2.54. The molecule has 2 atom stereocenters. The molecule has 1 aliphatic carbocycles. The molecule has 1 saturated carbocycles. The Morgan fingerprint density at radius 1 is 1.29 bits per heavy atom. The topological polar surface area (TPSA) is 30.5 Å². The molecule has 0 aromatic heterocycles. The number of hydrogen-bond donors (Lipinski definition) is 1. The van der Waals surface area contributed by atoms with E-state index in [1.54, 1.807) is 0 Å². The molecule has 1 aliphatic heterocycles. The van der Waals surface area contributed by atoms with Crippen LogP contribution in [0.2, 0.25) is 0 Å². The summed E-state index contributed by atoms with van der Waals surface area (Å²) in [4.78, 5) is 0. The van der Waals surface area contributed by atoms with E-state index in [9.17, 15) is 0 Å². The summed E-state index contributed by atoms with van der Waals surface area (Å²) in [5, 5.41) is 3.79. The van der Waals surface area contributed by atoms with E-state index in [1.165, 1.54) is 57.8 Å². The average Bonchev–Trinajstić information content (AvgIpc) is 3.02. The molecule has 0 aromatic carbocycles. The van der Waals surface area contributed by atoms with Gasteiger partial charge in [-0.05, 0) is 70.3 Å². The molecule has 2 unspecified atom stereocenters. The SMILES string of the molecule is CCCNC(CCC1CCCO1)C1(OC)CCC(C)CC1. The largest absolute Gasteiger partial charge is 0.378 e. The van der Waals surface area contributed by atoms with Crippen molar-refractivity contribution in [2.45, 2.75) is 89.4 Å². The molecule has 0 bridgehead atoms. The summed E-state index contributed by atoms with van der Waals surface area (Å²) in [6.45, 7) is 6.68. The van der Waals surface area contributed by atoms with Crippen LogP contribution >= 0.6 is 0 Å². The van der Waals surface area contributed by atoms with Gasteiger partial charge >= 0.3 is 0 Å². The molecular formula is C18H35NO2. The Morgan fingerprint density at radius 3 is 2.62 bits per heavy atom. The van der Waals surface area contributed by atoms with Gasteiger partial charge in [0, 0.05) is 19.8 Å². The second-order valence-corrected chi connectivity index (χ2v) is 7.17. The zero-order valence-electron chi connectivity index (χ0n) is 14.3. The highest BCUT2D eigenvalue weighted by Crippen LogP contribution is 2.38. The minimum Gasteiger partial charge on any atom is -0.378 e. The molecule has 3 heteroatoms. The van der Waals surface area contributed by atoms with Crippen LogP contribution in [0.1, 0.15) is 71.6 Å². The minimum absolute atomic E-state index is 0.0558. The number of nitrogens with one attached hydrogen (secondary N) is 1. The number of hydrogen-bond acceptors (Lipinski definition) is 3. The van der Waals surface area contributed by atoms with Gasteiger partial charge in [0.1, 0.15) is 0 Å². The molecule has 3 nitrogen and oxygen atoms in total. The molecule has 1 saturated heterocycles. The van der Waals surface area contributed by atoms with Crippen molar-refractivity contribution in [3.8, 4) is 0 Å². The van der Waals surface area contributed by atoms with Crippen LogP contribution in [-0.2, 0) is 9.47 Å². The van der Waals surface area contributed by atoms with Gasteiger partial charge in [-0.2, -0.15) is 0 Å². The van der Waals surface area contributed by atoms with E-state index in [0.29, 0.717) is 12.1 Å². The van der Waals surface area contributed by atoms with E-state index < -0.39 is 0 Å². The summed E-state index contributed by atoms with van der Waals surface area (Å²) in [6.07, 6.45) is 11.6. The van der Waals surface area contributed by atoms with Crippen LogP contribution in [0, 0.1) is 5.92 Å². The molecule has 0 amide bonds. The average molecular weight is 297 g/mol. The molecule has 1 N–H and O–H groups in total. The molecule has 2 fully saturated rings. The smallest absolute Gasteiger partial charge is 0.0831 e. The Bertz CT molecular complexity index is 281. The van der Waals surface area contributed by atoms with Crippen molar-refractivity contribution in [3.05, 3.63) is 0 Å². The highest BCUT2D eigenvalue weighted by atomic mass is 16.5. The zero-order valence-corrected chi connectivity index (χ0v) is 14.3. The third-order valence-corrected chi connectivity index (χ3v) is 5.60. The van der Waals surface area contributed by atoms with Crippen molar-refractivity contribution >= 4 is 0 Å². The zero-order chi connectivity index (χ0) is 15.1. The Labute approximate surface area is 131 Å². The fourth-order valence-electron chi connectivity index (χ4n) is 4.04. The maximum Gasteiger partial charge on any atom is 0.0831 e. The van der Waals surface area contributed by atoms with Gasteiger partial charge in [-0.25, -0.2) is 0 Å². The van der Waals surface area contributed by atoms with E-state index in [2.05, 4.69) is 19.2 Å². The van der Waals surface area contributed by atoms with E-state index in [0.717, 1.165) is 19.1 Å². The van der Waals surface area contributed by atoms with Crippen LogP contribution in [-0.4, -0.2) is 38.0 Å². The fraction of sp³-hybridized carbons (Fsp3) is 1.00. The maximum absolute atomic E-state index is 6.10. The lowest BCUT2D eigenvalue weighted by Gasteiger charge is -2.45. The maximum atomic E-state index is 6.10. The standard InChI is InChI=1S/C18H35NO2/c1-4-13-19-17(8-7-16-6-5-14-21-16)18(20-3)11-9-15(2)10-12-18/h15-17,19H,4-14H2,1-3H3. The summed E-state index contributed by atoms with van der Waals surface area (Å²) in [7, 11) is 1.92. The van der Waals surface area contributed by atoms with Gasteiger partial charge in [0.2, 0.25) is 0 Å². The van der Waals surface area contributed by atoms with Gasteiger partial charge < -0.3 is 14.8 Å². The first kappa shape index (κ1) is 17.2. The van der Waals surface area contributed by atoms with Crippen molar-refractivity contribution in [2.75, 3.05) is 20.3 Å². The first-order valence-electron chi connectivity index (χ1n) is 9.10. The van der Waals surface area contributed by atoms with Crippen molar-refractivity contribution in [3.63, 3.8) is 0 Å². The first-order chi connectivity index (χ1) is 10.2. The van der Waals surface area contributed by atoms with E-state index in [1.807, 2.05) is 7.11 Å². The summed E-state index contributed by atoms with van der Waals surface area (Å²) in [6, 6.07) is 0.485. The Morgan fingerprint density at radius 2 is 2.05 bits per heavy atom. The minimum atomic E-state index is 0.0558. The van der Waals surface area contributed by atoms with Crippen LogP contribution in [0.4, 0.5) is 0 Å². The van der Waals surface area contributed by atoms with Crippen molar-refractivity contribution in [1.29, 1.82) is 0 Å². The normalized spacial score (nSPS) is 35.0. The van der Waals surface area contributed by atoms with Crippen LogP contribution in [0.15, 0.2) is 0 Å². The summed E-state index contributed by atoms with van der Waals surface area (Å²) in [5.74, 6) is 0.860. The van der Waals surface area contributed by atoms with Crippen LogP contribution in [0.3, 0.4) is 0 Å². The third-order valence-electron chi connectivity index (χ3n) is 5.60. The van der Waals surface area contributed by atoms with Gasteiger partial charge in [-0.3, -0.25) is 0 Å². The highest BCUT2D eigenvalue weighted by Gasteiger charge is 2.41. The Kier molecular flexibility index (Phi) is 6.97. The Hall–Kier alpha value is -0.120. The summed E-state index contributed by atoms with van der Waals surface area (Å²) < 4.78 is 11.9. The summed E-state index contributed by atoms with van der Waals surface area (Å²) >= 11 is 0. The van der Waals surface area contributed by atoms with E-state index in [-0.39, 0.29) is 5.60 Å². The van der Waals surface area contributed by atoms with Crippen LogP contribution < -0.4 is 5.32 Å². The fourth-order valence-corrected chi connectivity index (χ4v) is 4.04. The van der Waals surface area contributed by atoms with Gasteiger partial charge in [-0.1, -0.05) is 13.8 Å². The van der Waals surface area contributed by atoms with Gasteiger partial charge in [-0.15, -0.1) is 0 Å². The molecule has 1 heterocycles. The number of methoxy groups -OCH3 is 1. The molecule has 2 rings (SSSR count). The lowest BCUT2D eigenvalue weighted by molar-refractivity contribution is -0.0786. The predicted octanol–water partition coefficient (Wildman–Crippen LogP) is 3.91. The first-order valence-corrected chi connectivity index (χ1v) is 9.10. The second kappa shape index (κ2) is 8.50. The lowest BCUT2D eigenvalue weighted by atomic mass is 9.74. The molecule has 124 valence electrons. The van der Waals surface area contributed by atoms with Crippen molar-refractivity contribution in [1.82, 2.24) is 5.32 Å². The molecular weight excluding hydrogens is 262 g/mol. The van der Waals surface area contributed by atoms with Crippen molar-refractivity contribution < 1.29 is 9.47 Å². The van der Waals surface area contributed by atoms with Gasteiger partial charge in [0.05, 0.1) is 11.7 Å². The highest BCUT2D eigenvalue weighted by molar-refractivity contribution is 4.96. The quantitative estimate of drug-likeness (QED) is 0.737. The summed E-state index contributed by atoms with van der Waals surface area (Å²) in [5.41, 5.74) is 0.0558. The molecule has 0 aromatic rings. The van der Waals surface area contributed by atoms with Crippen molar-refractivity contribution in [2.24, 2.45) is 5.92 Å².